The van der Waals surface area contributed by atoms with Gasteiger partial charge >= 0.3 is 0 Å². The topological polar surface area (TPSA) is 76.2 Å². The van der Waals surface area contributed by atoms with Gasteiger partial charge in [-0.3, -0.25) is 14.4 Å². The van der Waals surface area contributed by atoms with Gasteiger partial charge in [0.05, 0.1) is 18.8 Å². The standard InChI is InChI=1S/C12H23N5O/c1-4-5-17(9-12(18)14-2)11(6-13)10-7-15-16(3)8-10/h7-8,11H,4-6,9,13H2,1-3H3,(H,14,18). The fraction of sp³-hybridized carbons (Fsp3) is 0.667. The second-order valence-corrected chi connectivity index (χ2v) is 4.34. The third kappa shape index (κ3) is 3.82. The Balaban J connectivity index is 2.83. The second-order valence-electron chi connectivity index (χ2n) is 4.34. The molecule has 6 nitrogen and oxygen atoms in total. The van der Waals surface area contributed by atoms with E-state index in [1.54, 1.807) is 11.7 Å². The first-order valence-corrected chi connectivity index (χ1v) is 6.25. The largest absolute Gasteiger partial charge is 0.358 e. The van der Waals surface area contributed by atoms with Crippen molar-refractivity contribution in [1.82, 2.24) is 20.0 Å². The molecule has 0 saturated heterocycles. The monoisotopic (exact) mass is 253 g/mol. The summed E-state index contributed by atoms with van der Waals surface area (Å²) in [5.74, 6) is 0.00536. The van der Waals surface area contributed by atoms with E-state index in [2.05, 4.69) is 22.2 Å². The molecule has 0 saturated carbocycles. The van der Waals surface area contributed by atoms with E-state index in [0.717, 1.165) is 18.5 Å². The van der Waals surface area contributed by atoms with Crippen molar-refractivity contribution in [1.29, 1.82) is 0 Å². The fourth-order valence-corrected chi connectivity index (χ4v) is 2.00. The van der Waals surface area contributed by atoms with Crippen molar-refractivity contribution in [3.8, 4) is 0 Å². The molecule has 0 aliphatic carbocycles. The molecule has 0 aliphatic rings. The number of nitrogens with zero attached hydrogens (tertiary/aromatic N) is 3. The summed E-state index contributed by atoms with van der Waals surface area (Å²) < 4.78 is 1.75. The second kappa shape index (κ2) is 7.13. The lowest BCUT2D eigenvalue weighted by atomic mass is 10.1. The molecule has 1 heterocycles. The number of nitrogens with two attached hydrogens (primary N) is 1. The Morgan fingerprint density at radius 1 is 1.67 bits per heavy atom. The summed E-state index contributed by atoms with van der Waals surface area (Å²) in [7, 11) is 3.52. The summed E-state index contributed by atoms with van der Waals surface area (Å²) in [4.78, 5) is 13.6. The van der Waals surface area contributed by atoms with E-state index in [1.807, 2.05) is 19.4 Å². The maximum absolute atomic E-state index is 11.5. The first kappa shape index (κ1) is 14.7. The number of hydrogen-bond donors (Lipinski definition) is 2. The molecule has 102 valence electrons. The predicted octanol–water partition coefficient (Wildman–Crippen LogP) is -0.122. The Kier molecular flexibility index (Phi) is 5.80. The van der Waals surface area contributed by atoms with Gasteiger partial charge in [-0.1, -0.05) is 6.92 Å². The molecule has 0 radical (unpaired) electrons. The zero-order valence-electron chi connectivity index (χ0n) is 11.4. The van der Waals surface area contributed by atoms with Crippen molar-refractivity contribution < 1.29 is 4.79 Å². The van der Waals surface area contributed by atoms with Crippen LogP contribution in [0.25, 0.3) is 0 Å². The summed E-state index contributed by atoms with van der Waals surface area (Å²) in [6.45, 7) is 3.77. The van der Waals surface area contributed by atoms with E-state index >= 15 is 0 Å². The van der Waals surface area contributed by atoms with Crippen LogP contribution < -0.4 is 11.1 Å². The van der Waals surface area contributed by atoms with Gasteiger partial charge in [-0.25, -0.2) is 0 Å². The van der Waals surface area contributed by atoms with Crippen LogP contribution in [-0.4, -0.2) is 47.3 Å². The summed E-state index contributed by atoms with van der Waals surface area (Å²) in [5, 5.41) is 6.81. The van der Waals surface area contributed by atoms with E-state index in [0.29, 0.717) is 13.1 Å². The Morgan fingerprint density at radius 2 is 2.39 bits per heavy atom. The number of carbonyl (C=O) groups excluding carboxylic acids is 1. The molecule has 0 bridgehead atoms. The molecule has 1 aromatic heterocycles. The van der Waals surface area contributed by atoms with Crippen molar-refractivity contribution in [3.05, 3.63) is 18.0 Å². The van der Waals surface area contributed by atoms with Crippen molar-refractivity contribution in [2.24, 2.45) is 12.8 Å². The Labute approximate surface area is 108 Å². The van der Waals surface area contributed by atoms with Crippen molar-refractivity contribution in [3.63, 3.8) is 0 Å². The SMILES string of the molecule is CCCN(CC(=O)NC)C(CN)c1cnn(C)c1. The summed E-state index contributed by atoms with van der Waals surface area (Å²) in [6, 6.07) is 0.0379. The average molecular weight is 253 g/mol. The van der Waals surface area contributed by atoms with Gasteiger partial charge in [-0.15, -0.1) is 0 Å². The summed E-state index contributed by atoms with van der Waals surface area (Å²) in [5.41, 5.74) is 6.91. The predicted molar refractivity (Wildman–Crippen MR) is 70.9 cm³/mol. The Bertz CT molecular complexity index is 376. The number of carbonyl (C=O) groups is 1. The van der Waals surface area contributed by atoms with Crippen LogP contribution in [0.1, 0.15) is 24.9 Å². The van der Waals surface area contributed by atoms with Gasteiger partial charge in [0, 0.05) is 32.4 Å². The van der Waals surface area contributed by atoms with Crippen LogP contribution in [0.3, 0.4) is 0 Å². The smallest absolute Gasteiger partial charge is 0.233 e. The van der Waals surface area contributed by atoms with Crippen LogP contribution >= 0.6 is 0 Å². The third-order valence-electron chi connectivity index (χ3n) is 2.91. The van der Waals surface area contributed by atoms with Gasteiger partial charge in [0.2, 0.25) is 5.91 Å². The fourth-order valence-electron chi connectivity index (χ4n) is 2.00. The minimum atomic E-state index is 0.00536. The van der Waals surface area contributed by atoms with Crippen molar-refractivity contribution >= 4 is 5.91 Å². The number of hydrogen-bond acceptors (Lipinski definition) is 4. The number of aromatic nitrogens is 2. The molecule has 0 spiro atoms. The van der Waals surface area contributed by atoms with Crippen LogP contribution in [0.5, 0.6) is 0 Å². The molecule has 18 heavy (non-hydrogen) atoms. The molecule has 0 fully saturated rings. The lowest BCUT2D eigenvalue weighted by molar-refractivity contribution is -0.122. The molecule has 1 atom stereocenters. The lowest BCUT2D eigenvalue weighted by Gasteiger charge is -2.29. The van der Waals surface area contributed by atoms with Gasteiger partial charge in [-0.05, 0) is 13.0 Å². The van der Waals surface area contributed by atoms with E-state index in [-0.39, 0.29) is 11.9 Å². The minimum Gasteiger partial charge on any atom is -0.358 e. The van der Waals surface area contributed by atoms with Crippen molar-refractivity contribution in [2.75, 3.05) is 26.7 Å². The maximum atomic E-state index is 11.5. The highest BCUT2D eigenvalue weighted by atomic mass is 16.1. The molecular formula is C12H23N5O. The number of nitrogens with one attached hydrogen (secondary N) is 1. The zero-order chi connectivity index (χ0) is 13.5. The van der Waals surface area contributed by atoms with Gasteiger partial charge in [-0.2, -0.15) is 5.10 Å². The van der Waals surface area contributed by atoms with Crippen LogP contribution in [0.2, 0.25) is 0 Å². The molecule has 1 aromatic rings. The lowest BCUT2D eigenvalue weighted by Crippen LogP contribution is -2.41. The molecule has 0 aromatic carbocycles. The highest BCUT2D eigenvalue weighted by Crippen LogP contribution is 2.18. The quantitative estimate of drug-likeness (QED) is 0.710. The van der Waals surface area contributed by atoms with E-state index < -0.39 is 0 Å². The number of amides is 1. The highest BCUT2D eigenvalue weighted by Gasteiger charge is 2.21. The normalized spacial score (nSPS) is 12.7. The zero-order valence-corrected chi connectivity index (χ0v) is 11.4. The van der Waals surface area contributed by atoms with E-state index in [1.165, 1.54) is 0 Å². The minimum absolute atomic E-state index is 0.00536. The van der Waals surface area contributed by atoms with Crippen LogP contribution in [0.4, 0.5) is 0 Å². The molecule has 6 heteroatoms. The van der Waals surface area contributed by atoms with Crippen LogP contribution in [0, 0.1) is 0 Å². The molecule has 3 N–H and O–H groups in total. The van der Waals surface area contributed by atoms with Gasteiger partial charge in [0.15, 0.2) is 0 Å². The van der Waals surface area contributed by atoms with Crippen molar-refractivity contribution in [2.45, 2.75) is 19.4 Å². The first-order valence-electron chi connectivity index (χ1n) is 6.25. The summed E-state index contributed by atoms with van der Waals surface area (Å²) in [6.07, 6.45) is 4.74. The highest BCUT2D eigenvalue weighted by molar-refractivity contribution is 5.77. The van der Waals surface area contributed by atoms with Crippen LogP contribution in [-0.2, 0) is 11.8 Å². The Hall–Kier alpha value is -1.40. The average Bonchev–Trinajstić information content (AvgIpc) is 2.76. The molecule has 1 amide bonds. The van der Waals surface area contributed by atoms with E-state index in [9.17, 15) is 4.79 Å². The molecule has 1 rings (SSSR count). The number of likely N-dealkylation sites (N-methyl/N-ethyl adjacent to an activating group) is 1. The van der Waals surface area contributed by atoms with Gasteiger partial charge in [0.1, 0.15) is 0 Å². The number of rotatable bonds is 7. The number of aryl methyl sites for hydroxylation is 1. The Morgan fingerprint density at radius 3 is 2.83 bits per heavy atom. The summed E-state index contributed by atoms with van der Waals surface area (Å²) >= 11 is 0. The van der Waals surface area contributed by atoms with Gasteiger partial charge < -0.3 is 11.1 Å². The van der Waals surface area contributed by atoms with E-state index in [4.69, 9.17) is 5.73 Å². The van der Waals surface area contributed by atoms with Gasteiger partial charge in [0.25, 0.3) is 0 Å². The molecule has 1 unspecified atom stereocenters. The maximum Gasteiger partial charge on any atom is 0.233 e. The molecule has 0 aliphatic heterocycles. The third-order valence-corrected chi connectivity index (χ3v) is 2.91. The first-order chi connectivity index (χ1) is 8.62. The van der Waals surface area contributed by atoms with Crippen LogP contribution in [0.15, 0.2) is 12.4 Å². The molecular weight excluding hydrogens is 230 g/mol.